The first-order chi connectivity index (χ1) is 9.15. The van der Waals surface area contributed by atoms with Gasteiger partial charge in [-0.05, 0) is 44.1 Å². The third-order valence-electron chi connectivity index (χ3n) is 3.17. The second-order valence-electron chi connectivity index (χ2n) is 4.51. The summed E-state index contributed by atoms with van der Waals surface area (Å²) in [4.78, 5) is 25.6. The zero-order chi connectivity index (χ0) is 13.8. The number of hydrogen-bond donors (Lipinski definition) is 1. The van der Waals surface area contributed by atoms with Crippen LogP contribution in [0.5, 0.6) is 0 Å². The van der Waals surface area contributed by atoms with Gasteiger partial charge >= 0.3 is 0 Å². The van der Waals surface area contributed by atoms with E-state index in [4.69, 9.17) is 0 Å². The van der Waals surface area contributed by atoms with E-state index in [1.165, 1.54) is 4.90 Å². The average molecular weight is 325 g/mol. The van der Waals surface area contributed by atoms with E-state index in [1.807, 2.05) is 0 Å². The number of rotatable bonds is 6. The summed E-state index contributed by atoms with van der Waals surface area (Å²) in [7, 11) is 0. The lowest BCUT2D eigenvalue weighted by atomic mass is 10.1. The number of fused-ring (bicyclic) bond motifs is 1. The van der Waals surface area contributed by atoms with Crippen molar-refractivity contribution in [1.29, 1.82) is 0 Å². The Labute approximate surface area is 121 Å². The molecule has 1 aliphatic rings. The molecule has 0 atom stereocenters. The standard InChI is InChI=1S/C14H17BrN2O2/c1-2-16-7-3-4-8-17-13(18)11-6-5-10(15)9-12(11)14(17)19/h5-6,9,16H,2-4,7-8H2,1H3. The molecular weight excluding hydrogens is 308 g/mol. The summed E-state index contributed by atoms with van der Waals surface area (Å²) in [6, 6.07) is 5.21. The fraction of sp³-hybridized carbons (Fsp3) is 0.429. The van der Waals surface area contributed by atoms with E-state index in [2.05, 4.69) is 28.2 Å². The van der Waals surface area contributed by atoms with Crippen molar-refractivity contribution in [1.82, 2.24) is 10.2 Å². The number of imide groups is 1. The molecule has 1 aliphatic heterocycles. The quantitative estimate of drug-likeness (QED) is 0.646. The molecule has 0 unspecified atom stereocenters. The number of benzene rings is 1. The van der Waals surface area contributed by atoms with Crippen LogP contribution >= 0.6 is 15.9 Å². The normalized spacial score (nSPS) is 14.1. The van der Waals surface area contributed by atoms with Crippen molar-refractivity contribution in [3.8, 4) is 0 Å². The number of nitrogens with zero attached hydrogens (tertiary/aromatic N) is 1. The maximum absolute atomic E-state index is 12.1. The van der Waals surface area contributed by atoms with Crippen molar-refractivity contribution in [3.63, 3.8) is 0 Å². The fourth-order valence-electron chi connectivity index (χ4n) is 2.16. The summed E-state index contributed by atoms with van der Waals surface area (Å²) in [6.07, 6.45) is 1.80. The molecule has 1 aromatic rings. The second kappa shape index (κ2) is 6.30. The lowest BCUT2D eigenvalue weighted by molar-refractivity contribution is 0.0651. The van der Waals surface area contributed by atoms with Gasteiger partial charge in [0.15, 0.2) is 0 Å². The number of hydrogen-bond acceptors (Lipinski definition) is 3. The van der Waals surface area contributed by atoms with E-state index >= 15 is 0 Å². The van der Waals surface area contributed by atoms with E-state index in [9.17, 15) is 9.59 Å². The van der Waals surface area contributed by atoms with Gasteiger partial charge in [0.25, 0.3) is 11.8 Å². The van der Waals surface area contributed by atoms with Gasteiger partial charge in [0.1, 0.15) is 0 Å². The number of unbranched alkanes of at least 4 members (excludes halogenated alkanes) is 1. The van der Waals surface area contributed by atoms with Crippen LogP contribution in [0.15, 0.2) is 22.7 Å². The molecule has 2 rings (SSSR count). The maximum Gasteiger partial charge on any atom is 0.261 e. The minimum Gasteiger partial charge on any atom is -0.317 e. The molecule has 0 bridgehead atoms. The molecule has 1 N–H and O–H groups in total. The van der Waals surface area contributed by atoms with E-state index < -0.39 is 0 Å². The van der Waals surface area contributed by atoms with Crippen LogP contribution in [0, 0.1) is 0 Å². The van der Waals surface area contributed by atoms with Crippen LogP contribution in [0.2, 0.25) is 0 Å². The van der Waals surface area contributed by atoms with Gasteiger partial charge < -0.3 is 5.32 Å². The number of halogens is 1. The third-order valence-corrected chi connectivity index (χ3v) is 3.66. The molecule has 0 aromatic heterocycles. The SMILES string of the molecule is CCNCCCCN1C(=O)c2ccc(Br)cc2C1=O. The molecule has 0 aliphatic carbocycles. The second-order valence-corrected chi connectivity index (χ2v) is 5.43. The predicted molar refractivity (Wildman–Crippen MR) is 77.3 cm³/mol. The smallest absolute Gasteiger partial charge is 0.261 e. The Hall–Kier alpha value is -1.20. The Balaban J connectivity index is 1.98. The first-order valence-electron chi connectivity index (χ1n) is 6.51. The van der Waals surface area contributed by atoms with Gasteiger partial charge in [-0.3, -0.25) is 14.5 Å². The van der Waals surface area contributed by atoms with Crippen LogP contribution < -0.4 is 5.32 Å². The molecule has 2 amide bonds. The van der Waals surface area contributed by atoms with Crippen LogP contribution in [0.1, 0.15) is 40.5 Å². The summed E-state index contributed by atoms with van der Waals surface area (Å²) in [5.74, 6) is -0.347. The highest BCUT2D eigenvalue weighted by molar-refractivity contribution is 9.10. The first-order valence-corrected chi connectivity index (χ1v) is 7.31. The molecule has 0 spiro atoms. The fourth-order valence-corrected chi connectivity index (χ4v) is 2.52. The van der Waals surface area contributed by atoms with E-state index in [1.54, 1.807) is 18.2 Å². The van der Waals surface area contributed by atoms with Crippen molar-refractivity contribution in [2.45, 2.75) is 19.8 Å². The molecule has 0 radical (unpaired) electrons. The van der Waals surface area contributed by atoms with Crippen LogP contribution in [0.4, 0.5) is 0 Å². The molecule has 0 saturated carbocycles. The molecule has 5 heteroatoms. The Morgan fingerprint density at radius 3 is 2.63 bits per heavy atom. The predicted octanol–water partition coefficient (Wildman–Crippen LogP) is 2.43. The van der Waals surface area contributed by atoms with Crippen molar-refractivity contribution in [3.05, 3.63) is 33.8 Å². The Bertz CT molecular complexity index is 502. The van der Waals surface area contributed by atoms with Gasteiger partial charge in [-0.15, -0.1) is 0 Å². The van der Waals surface area contributed by atoms with Gasteiger partial charge in [0.05, 0.1) is 11.1 Å². The lowest BCUT2D eigenvalue weighted by Crippen LogP contribution is -2.31. The Kier molecular flexibility index (Phi) is 4.71. The zero-order valence-electron chi connectivity index (χ0n) is 10.9. The molecule has 0 fully saturated rings. The summed E-state index contributed by atoms with van der Waals surface area (Å²) in [5.41, 5.74) is 1.02. The van der Waals surface area contributed by atoms with Crippen LogP contribution in [-0.2, 0) is 0 Å². The van der Waals surface area contributed by atoms with E-state index in [-0.39, 0.29) is 11.8 Å². The van der Waals surface area contributed by atoms with Gasteiger partial charge in [-0.1, -0.05) is 22.9 Å². The van der Waals surface area contributed by atoms with Crippen LogP contribution in [0.3, 0.4) is 0 Å². The minimum absolute atomic E-state index is 0.170. The van der Waals surface area contributed by atoms with E-state index in [0.717, 1.165) is 30.4 Å². The van der Waals surface area contributed by atoms with Gasteiger partial charge in [0.2, 0.25) is 0 Å². The molecule has 1 aromatic carbocycles. The number of nitrogens with one attached hydrogen (secondary N) is 1. The van der Waals surface area contributed by atoms with Gasteiger partial charge in [-0.25, -0.2) is 0 Å². The summed E-state index contributed by atoms with van der Waals surface area (Å²) in [6.45, 7) is 4.42. The molecular formula is C14H17BrN2O2. The number of amides is 2. The highest BCUT2D eigenvalue weighted by atomic mass is 79.9. The molecule has 19 heavy (non-hydrogen) atoms. The molecule has 1 heterocycles. The summed E-state index contributed by atoms with van der Waals surface area (Å²) >= 11 is 3.32. The maximum atomic E-state index is 12.1. The Morgan fingerprint density at radius 2 is 1.89 bits per heavy atom. The van der Waals surface area contributed by atoms with E-state index in [0.29, 0.717) is 17.7 Å². The summed E-state index contributed by atoms with van der Waals surface area (Å²) < 4.78 is 0.821. The topological polar surface area (TPSA) is 49.4 Å². The Morgan fingerprint density at radius 1 is 1.16 bits per heavy atom. The molecule has 4 nitrogen and oxygen atoms in total. The molecule has 0 saturated heterocycles. The number of carbonyl (C=O) groups is 2. The number of carbonyl (C=O) groups excluding carboxylic acids is 2. The monoisotopic (exact) mass is 324 g/mol. The highest BCUT2D eigenvalue weighted by Gasteiger charge is 2.34. The van der Waals surface area contributed by atoms with Crippen molar-refractivity contribution < 1.29 is 9.59 Å². The van der Waals surface area contributed by atoms with Gasteiger partial charge in [-0.2, -0.15) is 0 Å². The van der Waals surface area contributed by atoms with Gasteiger partial charge in [0, 0.05) is 11.0 Å². The molecule has 102 valence electrons. The lowest BCUT2D eigenvalue weighted by Gasteiger charge is -2.13. The average Bonchev–Trinajstić information content (AvgIpc) is 2.63. The van der Waals surface area contributed by atoms with Crippen LogP contribution in [0.25, 0.3) is 0 Å². The minimum atomic E-state index is -0.176. The van der Waals surface area contributed by atoms with Crippen molar-refractivity contribution in [2.75, 3.05) is 19.6 Å². The highest BCUT2D eigenvalue weighted by Crippen LogP contribution is 2.26. The largest absolute Gasteiger partial charge is 0.317 e. The third kappa shape index (κ3) is 3.04. The zero-order valence-corrected chi connectivity index (χ0v) is 12.5. The van der Waals surface area contributed by atoms with Crippen molar-refractivity contribution in [2.24, 2.45) is 0 Å². The summed E-state index contributed by atoms with van der Waals surface area (Å²) in [5, 5.41) is 3.23. The first kappa shape index (κ1) is 14.2. The van der Waals surface area contributed by atoms with Crippen LogP contribution in [-0.4, -0.2) is 36.3 Å². The van der Waals surface area contributed by atoms with Crippen molar-refractivity contribution >= 4 is 27.7 Å².